The minimum absolute atomic E-state index is 0.767. The third kappa shape index (κ3) is 1.59. The van der Waals surface area contributed by atoms with Gasteiger partial charge in [0.1, 0.15) is 5.82 Å². The molecule has 0 unspecified atom stereocenters. The largest absolute Gasteiger partial charge is 0.345 e. The molecule has 1 aromatic heterocycles. The number of hydrogen-bond acceptors (Lipinski definition) is 1. The summed E-state index contributed by atoms with van der Waals surface area (Å²) in [6.45, 7) is 0. The van der Waals surface area contributed by atoms with E-state index in [9.17, 15) is 0 Å². The lowest BCUT2D eigenvalue weighted by molar-refractivity contribution is 1.34. The van der Waals surface area contributed by atoms with Gasteiger partial charge in [0.15, 0.2) is 5.84 Å². The Morgan fingerprint density at radius 3 is 2.79 bits per heavy atom. The van der Waals surface area contributed by atoms with Gasteiger partial charge in [-0.15, -0.1) is 0 Å². The Morgan fingerprint density at radius 2 is 1.79 bits per heavy atom. The number of aliphatic imine (C=N–C) groups is 2. The monoisotopic (exact) mass is 245 g/mol. The summed E-state index contributed by atoms with van der Waals surface area (Å²) in [7, 11) is 0. The lowest BCUT2D eigenvalue weighted by atomic mass is 10.1. The Balaban J connectivity index is 1.88. The molecule has 0 spiro atoms. The van der Waals surface area contributed by atoms with Crippen molar-refractivity contribution < 1.29 is 0 Å². The summed E-state index contributed by atoms with van der Waals surface area (Å²) in [5.74, 6) is 1.63. The summed E-state index contributed by atoms with van der Waals surface area (Å²) < 4.78 is 0. The SMILES string of the molecule is C1=N/C(=N\c2[nH]cc3ccccc23)c2ccccc21. The topological polar surface area (TPSA) is 40.5 Å². The second kappa shape index (κ2) is 3.92. The number of nitrogens with one attached hydrogen (secondary N) is 1. The molecule has 2 aromatic carbocycles. The van der Waals surface area contributed by atoms with Crippen LogP contribution in [0.1, 0.15) is 11.1 Å². The number of rotatable bonds is 1. The van der Waals surface area contributed by atoms with E-state index >= 15 is 0 Å². The van der Waals surface area contributed by atoms with Crippen molar-refractivity contribution in [1.82, 2.24) is 4.98 Å². The van der Waals surface area contributed by atoms with E-state index in [0.717, 1.165) is 33.6 Å². The highest BCUT2D eigenvalue weighted by atomic mass is 15.0. The van der Waals surface area contributed by atoms with E-state index in [4.69, 9.17) is 0 Å². The predicted molar refractivity (Wildman–Crippen MR) is 78.5 cm³/mol. The quantitative estimate of drug-likeness (QED) is 0.679. The van der Waals surface area contributed by atoms with Crippen LogP contribution in [0.4, 0.5) is 5.82 Å². The first kappa shape index (κ1) is 10.3. The fraction of sp³-hybridized carbons (Fsp3) is 0. The number of benzene rings is 2. The lowest BCUT2D eigenvalue weighted by Gasteiger charge is -1.98. The summed E-state index contributed by atoms with van der Waals surface area (Å²) >= 11 is 0. The van der Waals surface area contributed by atoms with Crippen LogP contribution in [0.15, 0.2) is 64.7 Å². The van der Waals surface area contributed by atoms with E-state index in [1.165, 1.54) is 0 Å². The fourth-order valence-electron chi connectivity index (χ4n) is 2.36. The molecule has 0 radical (unpaired) electrons. The Morgan fingerprint density at radius 1 is 0.947 bits per heavy atom. The van der Waals surface area contributed by atoms with Crippen LogP contribution in [0.25, 0.3) is 10.8 Å². The van der Waals surface area contributed by atoms with Gasteiger partial charge in [-0.1, -0.05) is 48.5 Å². The summed E-state index contributed by atoms with van der Waals surface area (Å²) in [5, 5.41) is 2.28. The Hall–Kier alpha value is -2.68. The van der Waals surface area contributed by atoms with E-state index in [1.807, 2.05) is 48.8 Å². The molecule has 0 aliphatic carbocycles. The van der Waals surface area contributed by atoms with Crippen molar-refractivity contribution >= 4 is 28.6 Å². The van der Waals surface area contributed by atoms with Crippen LogP contribution in [-0.2, 0) is 0 Å². The van der Waals surface area contributed by atoms with Crippen LogP contribution < -0.4 is 0 Å². The Bertz CT molecular complexity index is 825. The van der Waals surface area contributed by atoms with Gasteiger partial charge in [-0.2, -0.15) is 0 Å². The molecule has 0 atom stereocenters. The fourth-order valence-corrected chi connectivity index (χ4v) is 2.36. The van der Waals surface area contributed by atoms with Gasteiger partial charge in [0.25, 0.3) is 0 Å². The van der Waals surface area contributed by atoms with Gasteiger partial charge in [0.2, 0.25) is 0 Å². The molecule has 3 heteroatoms. The summed E-state index contributed by atoms with van der Waals surface area (Å²) in [5.41, 5.74) is 2.21. The minimum atomic E-state index is 0.767. The van der Waals surface area contributed by atoms with E-state index < -0.39 is 0 Å². The van der Waals surface area contributed by atoms with Gasteiger partial charge in [-0.3, -0.25) is 0 Å². The highest BCUT2D eigenvalue weighted by Crippen LogP contribution is 2.26. The van der Waals surface area contributed by atoms with Crippen molar-refractivity contribution in [2.45, 2.75) is 0 Å². The zero-order valence-corrected chi connectivity index (χ0v) is 10.2. The molecule has 0 saturated heterocycles. The number of hydrogen-bond donors (Lipinski definition) is 1. The van der Waals surface area contributed by atoms with Crippen LogP contribution in [0, 0.1) is 0 Å². The maximum absolute atomic E-state index is 4.65. The number of aromatic amines is 1. The maximum atomic E-state index is 4.65. The molecule has 0 fully saturated rings. The molecule has 1 aliphatic rings. The molecule has 0 amide bonds. The molecular weight excluding hydrogens is 234 g/mol. The molecule has 0 bridgehead atoms. The Kier molecular flexibility index (Phi) is 2.12. The molecule has 4 rings (SSSR count). The van der Waals surface area contributed by atoms with Gasteiger partial charge < -0.3 is 4.98 Å². The van der Waals surface area contributed by atoms with Crippen LogP contribution >= 0.6 is 0 Å². The predicted octanol–water partition coefficient (Wildman–Crippen LogP) is 3.68. The van der Waals surface area contributed by atoms with Crippen molar-refractivity contribution in [1.29, 1.82) is 0 Å². The van der Waals surface area contributed by atoms with E-state index in [0.29, 0.717) is 0 Å². The van der Waals surface area contributed by atoms with Gasteiger partial charge in [0, 0.05) is 34.3 Å². The number of fused-ring (bicyclic) bond motifs is 2. The standard InChI is InChI=1S/C16H11N3/c1-3-7-13-11(5-1)9-17-15(13)19-16-14-8-4-2-6-12(14)10-18-16/h1-10,17H/b19-16-. The van der Waals surface area contributed by atoms with Crippen LogP contribution in [0.5, 0.6) is 0 Å². The zero-order valence-electron chi connectivity index (χ0n) is 10.2. The summed E-state index contributed by atoms with van der Waals surface area (Å²) in [6.07, 6.45) is 3.83. The van der Waals surface area contributed by atoms with Crippen LogP contribution in [0.3, 0.4) is 0 Å². The van der Waals surface area contributed by atoms with Crippen molar-refractivity contribution in [2.75, 3.05) is 0 Å². The molecule has 2 heterocycles. The second-order valence-corrected chi connectivity index (χ2v) is 4.51. The average Bonchev–Trinajstić information content (AvgIpc) is 3.05. The second-order valence-electron chi connectivity index (χ2n) is 4.51. The molecule has 3 aromatic rings. The van der Waals surface area contributed by atoms with Crippen molar-refractivity contribution in [3.05, 3.63) is 65.9 Å². The van der Waals surface area contributed by atoms with Gasteiger partial charge in [0.05, 0.1) is 0 Å². The third-order valence-corrected chi connectivity index (χ3v) is 3.33. The van der Waals surface area contributed by atoms with Gasteiger partial charge in [-0.05, 0) is 0 Å². The van der Waals surface area contributed by atoms with Gasteiger partial charge in [-0.25, -0.2) is 9.98 Å². The van der Waals surface area contributed by atoms with Crippen molar-refractivity contribution in [2.24, 2.45) is 9.98 Å². The maximum Gasteiger partial charge on any atom is 0.162 e. The Labute approximate surface area is 110 Å². The first-order valence-electron chi connectivity index (χ1n) is 6.20. The molecule has 19 heavy (non-hydrogen) atoms. The summed E-state index contributed by atoms with van der Waals surface area (Å²) in [4.78, 5) is 12.3. The highest BCUT2D eigenvalue weighted by molar-refractivity contribution is 6.16. The zero-order chi connectivity index (χ0) is 12.7. The molecule has 3 nitrogen and oxygen atoms in total. The first-order chi connectivity index (χ1) is 9.42. The van der Waals surface area contributed by atoms with Gasteiger partial charge >= 0.3 is 0 Å². The minimum Gasteiger partial charge on any atom is -0.345 e. The van der Waals surface area contributed by atoms with E-state index in [2.05, 4.69) is 27.1 Å². The third-order valence-electron chi connectivity index (χ3n) is 3.33. The van der Waals surface area contributed by atoms with Crippen molar-refractivity contribution in [3.63, 3.8) is 0 Å². The number of nitrogens with zero attached hydrogens (tertiary/aromatic N) is 2. The highest BCUT2D eigenvalue weighted by Gasteiger charge is 2.13. The lowest BCUT2D eigenvalue weighted by Crippen LogP contribution is -1.92. The summed E-state index contributed by atoms with van der Waals surface area (Å²) in [6, 6.07) is 16.3. The molecule has 0 saturated carbocycles. The molecule has 1 N–H and O–H groups in total. The van der Waals surface area contributed by atoms with E-state index in [-0.39, 0.29) is 0 Å². The molecule has 1 aliphatic heterocycles. The number of aromatic nitrogens is 1. The van der Waals surface area contributed by atoms with Crippen LogP contribution in [0.2, 0.25) is 0 Å². The van der Waals surface area contributed by atoms with Crippen LogP contribution in [-0.4, -0.2) is 17.0 Å². The smallest absolute Gasteiger partial charge is 0.162 e. The number of amidine groups is 1. The molecular formula is C16H11N3. The average molecular weight is 245 g/mol. The van der Waals surface area contributed by atoms with Crippen molar-refractivity contribution in [3.8, 4) is 0 Å². The normalized spacial score (nSPS) is 15.3. The first-order valence-corrected chi connectivity index (χ1v) is 6.20. The number of H-pyrrole nitrogens is 1. The van der Waals surface area contributed by atoms with E-state index in [1.54, 1.807) is 0 Å². The molecule has 90 valence electrons.